The molecule has 3 rings (SSSR count). The molecular formula is C18H26O3S. The van der Waals surface area contributed by atoms with Gasteiger partial charge in [-0.2, -0.15) is 8.42 Å². The maximum atomic E-state index is 11.6. The van der Waals surface area contributed by atoms with E-state index in [2.05, 4.69) is 0 Å². The summed E-state index contributed by atoms with van der Waals surface area (Å²) in [5.74, 6) is 2.00. The van der Waals surface area contributed by atoms with E-state index in [4.69, 9.17) is 0 Å². The van der Waals surface area contributed by atoms with Crippen LogP contribution < -0.4 is 0 Å². The monoisotopic (exact) mass is 322 g/mol. The van der Waals surface area contributed by atoms with Crippen LogP contribution in [0, 0.1) is 11.8 Å². The molecule has 0 radical (unpaired) electrons. The maximum absolute atomic E-state index is 11.6. The number of hydrogen-bond donors (Lipinski definition) is 1. The first-order valence-electron chi connectivity index (χ1n) is 8.62. The van der Waals surface area contributed by atoms with E-state index in [1.165, 1.54) is 51.0 Å². The largest absolute Gasteiger partial charge is 0.294 e. The smallest absolute Gasteiger partial charge is 0.282 e. The van der Waals surface area contributed by atoms with Gasteiger partial charge in [-0.15, -0.1) is 0 Å². The van der Waals surface area contributed by atoms with Crippen molar-refractivity contribution in [2.45, 2.75) is 68.6 Å². The number of rotatable bonds is 3. The molecule has 22 heavy (non-hydrogen) atoms. The van der Waals surface area contributed by atoms with Gasteiger partial charge in [-0.1, -0.05) is 50.3 Å². The molecular weight excluding hydrogens is 296 g/mol. The molecule has 2 aliphatic rings. The van der Waals surface area contributed by atoms with E-state index in [0.29, 0.717) is 0 Å². The Morgan fingerprint density at radius 2 is 1.41 bits per heavy atom. The molecule has 0 spiro atoms. The molecule has 3 nitrogen and oxygen atoms in total. The Labute approximate surface area is 133 Å². The molecule has 0 bridgehead atoms. The van der Waals surface area contributed by atoms with E-state index in [-0.39, 0.29) is 10.8 Å². The van der Waals surface area contributed by atoms with Crippen molar-refractivity contribution in [1.29, 1.82) is 0 Å². The first-order chi connectivity index (χ1) is 10.6. The lowest BCUT2D eigenvalue weighted by molar-refractivity contribution is 0.185. The highest BCUT2D eigenvalue weighted by atomic mass is 32.2. The van der Waals surface area contributed by atoms with Gasteiger partial charge in [0.15, 0.2) is 0 Å². The van der Waals surface area contributed by atoms with Gasteiger partial charge in [-0.05, 0) is 55.1 Å². The lowest BCUT2D eigenvalue weighted by Crippen LogP contribution is -2.23. The van der Waals surface area contributed by atoms with Crippen LogP contribution in [0.3, 0.4) is 0 Å². The summed E-state index contributed by atoms with van der Waals surface area (Å²) >= 11 is 0. The second-order valence-corrected chi connectivity index (χ2v) is 8.41. The van der Waals surface area contributed by atoms with Crippen molar-refractivity contribution in [3.05, 3.63) is 29.8 Å². The van der Waals surface area contributed by atoms with Crippen LogP contribution in [0.15, 0.2) is 29.2 Å². The van der Waals surface area contributed by atoms with Gasteiger partial charge in [0, 0.05) is 0 Å². The molecule has 2 aliphatic carbocycles. The first kappa shape index (κ1) is 16.0. The molecule has 2 saturated carbocycles. The van der Waals surface area contributed by atoms with E-state index < -0.39 is 10.1 Å². The summed E-state index contributed by atoms with van der Waals surface area (Å²) in [7, 11) is -4.12. The zero-order valence-electron chi connectivity index (χ0n) is 13.1. The highest BCUT2D eigenvalue weighted by molar-refractivity contribution is 7.85. The van der Waals surface area contributed by atoms with Gasteiger partial charge in [0.1, 0.15) is 0 Å². The van der Waals surface area contributed by atoms with Crippen LogP contribution in [-0.4, -0.2) is 13.0 Å². The van der Waals surface area contributed by atoms with Crippen LogP contribution in [0.5, 0.6) is 0 Å². The fourth-order valence-corrected chi connectivity index (χ4v) is 5.34. The molecule has 4 heteroatoms. The predicted octanol–water partition coefficient (Wildman–Crippen LogP) is 4.79. The molecule has 0 saturated heterocycles. The highest BCUT2D eigenvalue weighted by Crippen LogP contribution is 2.43. The molecule has 1 aromatic rings. The summed E-state index contributed by atoms with van der Waals surface area (Å²) in [5.41, 5.74) is 0.812. The van der Waals surface area contributed by atoms with Crippen LogP contribution in [0.2, 0.25) is 0 Å². The molecule has 122 valence electrons. The first-order valence-corrected chi connectivity index (χ1v) is 10.1. The second-order valence-electron chi connectivity index (χ2n) is 7.02. The van der Waals surface area contributed by atoms with Crippen molar-refractivity contribution in [1.82, 2.24) is 0 Å². The van der Waals surface area contributed by atoms with Gasteiger partial charge in [0.25, 0.3) is 10.1 Å². The molecule has 0 heterocycles. The topological polar surface area (TPSA) is 54.4 Å². The van der Waals surface area contributed by atoms with E-state index >= 15 is 0 Å². The van der Waals surface area contributed by atoms with E-state index in [1.807, 2.05) is 12.1 Å². The Kier molecular flexibility index (Phi) is 4.88. The van der Waals surface area contributed by atoms with Crippen LogP contribution in [0.25, 0.3) is 0 Å². The van der Waals surface area contributed by atoms with Gasteiger partial charge in [-0.3, -0.25) is 4.55 Å². The van der Waals surface area contributed by atoms with Crippen LogP contribution in [0.1, 0.15) is 69.3 Å². The molecule has 0 atom stereocenters. The van der Waals surface area contributed by atoms with Crippen LogP contribution >= 0.6 is 0 Å². The quantitative estimate of drug-likeness (QED) is 0.814. The molecule has 1 aromatic carbocycles. The normalized spacial score (nSPS) is 27.7. The summed E-state index contributed by atoms with van der Waals surface area (Å²) in [4.78, 5) is 0.108. The van der Waals surface area contributed by atoms with Gasteiger partial charge >= 0.3 is 0 Å². The Morgan fingerprint density at radius 3 is 2.05 bits per heavy atom. The third kappa shape index (κ3) is 3.54. The van der Waals surface area contributed by atoms with Gasteiger partial charge in [-0.25, -0.2) is 0 Å². The zero-order valence-corrected chi connectivity index (χ0v) is 13.9. The fourth-order valence-electron chi connectivity index (χ4n) is 4.56. The Balaban J connectivity index is 1.69. The van der Waals surface area contributed by atoms with Crippen molar-refractivity contribution < 1.29 is 13.0 Å². The average molecular weight is 322 g/mol. The Hall–Kier alpha value is -0.870. The van der Waals surface area contributed by atoms with Gasteiger partial charge < -0.3 is 0 Å². The molecule has 0 unspecified atom stereocenters. The standard InChI is InChI=1S/C18H26O3S/c19-22(20,21)18-9-5-4-8-17(18)16-12-10-15(11-13-16)14-6-2-1-3-7-14/h4-5,8-9,14-16H,1-3,6-7,10-13H2,(H,19,20,21). The Bertz CT molecular complexity index is 595. The number of hydrogen-bond acceptors (Lipinski definition) is 2. The maximum Gasteiger partial charge on any atom is 0.294 e. The van der Waals surface area contributed by atoms with E-state index in [9.17, 15) is 13.0 Å². The predicted molar refractivity (Wildman–Crippen MR) is 87.5 cm³/mol. The van der Waals surface area contributed by atoms with Crippen molar-refractivity contribution in [3.63, 3.8) is 0 Å². The van der Waals surface area contributed by atoms with Crippen LogP contribution in [0.4, 0.5) is 0 Å². The minimum absolute atomic E-state index is 0.108. The molecule has 0 aliphatic heterocycles. The molecule has 2 fully saturated rings. The SMILES string of the molecule is O=S(=O)(O)c1ccccc1C1CCC(C2CCCCC2)CC1. The number of benzene rings is 1. The second kappa shape index (κ2) is 6.71. The summed E-state index contributed by atoms with van der Waals surface area (Å²) in [6, 6.07) is 6.95. The van der Waals surface area contributed by atoms with Crippen molar-refractivity contribution >= 4 is 10.1 Å². The minimum atomic E-state index is -4.12. The van der Waals surface area contributed by atoms with Crippen molar-refractivity contribution in [3.8, 4) is 0 Å². The van der Waals surface area contributed by atoms with Gasteiger partial charge in [0.2, 0.25) is 0 Å². The molecule has 0 amide bonds. The average Bonchev–Trinajstić information content (AvgIpc) is 2.55. The van der Waals surface area contributed by atoms with E-state index in [1.54, 1.807) is 6.07 Å². The van der Waals surface area contributed by atoms with Crippen molar-refractivity contribution in [2.24, 2.45) is 11.8 Å². The zero-order chi connectivity index (χ0) is 15.6. The third-order valence-electron chi connectivity index (χ3n) is 5.73. The minimum Gasteiger partial charge on any atom is -0.282 e. The van der Waals surface area contributed by atoms with Crippen molar-refractivity contribution in [2.75, 3.05) is 0 Å². The summed E-state index contributed by atoms with van der Waals surface area (Å²) < 4.78 is 32.6. The fraction of sp³-hybridized carbons (Fsp3) is 0.667. The molecule has 0 aromatic heterocycles. The third-order valence-corrected chi connectivity index (χ3v) is 6.65. The molecule has 1 N–H and O–H groups in total. The van der Waals surface area contributed by atoms with Crippen LogP contribution in [-0.2, 0) is 10.1 Å². The summed E-state index contributed by atoms with van der Waals surface area (Å²) in [6.45, 7) is 0. The van der Waals surface area contributed by atoms with Gasteiger partial charge in [0.05, 0.1) is 4.90 Å². The summed E-state index contributed by atoms with van der Waals surface area (Å²) in [5, 5.41) is 0. The Morgan fingerprint density at radius 1 is 0.818 bits per heavy atom. The highest BCUT2D eigenvalue weighted by Gasteiger charge is 2.31. The summed E-state index contributed by atoms with van der Waals surface area (Å²) in [6.07, 6.45) is 11.4. The lowest BCUT2D eigenvalue weighted by atomic mass is 9.70. The lowest BCUT2D eigenvalue weighted by Gasteiger charge is -2.36. The van der Waals surface area contributed by atoms with E-state index in [0.717, 1.165) is 30.2 Å².